The summed E-state index contributed by atoms with van der Waals surface area (Å²) in [4.78, 5) is 0. The number of fused-ring (bicyclic) bond motifs is 2. The fourth-order valence-electron chi connectivity index (χ4n) is 3.26. The van der Waals surface area contributed by atoms with Gasteiger partial charge in [-0.3, -0.25) is 0 Å². The highest BCUT2D eigenvalue weighted by Gasteiger charge is 2.20. The molecule has 0 unspecified atom stereocenters. The Balaban J connectivity index is 2.20. The van der Waals surface area contributed by atoms with Crippen LogP contribution >= 0.6 is 0 Å². The van der Waals surface area contributed by atoms with E-state index in [9.17, 15) is 0 Å². The van der Waals surface area contributed by atoms with Crippen LogP contribution in [0.2, 0.25) is 0 Å². The first-order valence-electron chi connectivity index (χ1n) is 5.99. The monoisotopic (exact) mass is 186 g/mol. The van der Waals surface area contributed by atoms with Gasteiger partial charge in [-0.15, -0.1) is 0 Å². The minimum atomic E-state index is 1.34. The first kappa shape index (κ1) is 8.52. The Hall–Kier alpha value is -0.780. The summed E-state index contributed by atoms with van der Waals surface area (Å²) in [6.45, 7) is 2.36. The third-order valence-electron chi connectivity index (χ3n) is 4.02. The molecule has 1 aromatic rings. The van der Waals surface area contributed by atoms with E-state index in [-0.39, 0.29) is 0 Å². The lowest BCUT2D eigenvalue weighted by Crippen LogP contribution is -2.07. The van der Waals surface area contributed by atoms with Gasteiger partial charge in [0.1, 0.15) is 0 Å². The third-order valence-corrected chi connectivity index (χ3v) is 4.02. The second-order valence-corrected chi connectivity index (χ2v) is 4.84. The molecule has 2 aliphatic rings. The molecule has 0 heterocycles. The van der Waals surface area contributed by atoms with E-state index in [1.54, 1.807) is 27.8 Å². The van der Waals surface area contributed by atoms with Gasteiger partial charge in [-0.1, -0.05) is 6.07 Å². The highest BCUT2D eigenvalue weighted by Crippen LogP contribution is 2.33. The summed E-state index contributed by atoms with van der Waals surface area (Å²) in [5, 5.41) is 0. The molecular weight excluding hydrogens is 168 g/mol. The molecule has 1 aromatic carbocycles. The summed E-state index contributed by atoms with van der Waals surface area (Å²) in [6.07, 6.45) is 9.56. The van der Waals surface area contributed by atoms with Crippen LogP contribution in [0.4, 0.5) is 0 Å². The fraction of sp³-hybridized carbons (Fsp3) is 0.571. The molecule has 2 aliphatic carbocycles. The van der Waals surface area contributed by atoms with Crippen molar-refractivity contribution in [2.24, 2.45) is 0 Å². The molecule has 0 atom stereocenters. The first-order valence-corrected chi connectivity index (χ1v) is 5.99. The molecule has 0 saturated heterocycles. The molecule has 0 amide bonds. The van der Waals surface area contributed by atoms with Crippen LogP contribution < -0.4 is 0 Å². The van der Waals surface area contributed by atoms with Crippen molar-refractivity contribution in [3.8, 4) is 0 Å². The van der Waals surface area contributed by atoms with E-state index in [1.807, 2.05) is 0 Å². The topological polar surface area (TPSA) is 0 Å². The van der Waals surface area contributed by atoms with Gasteiger partial charge in [0.05, 0.1) is 0 Å². The molecule has 0 nitrogen and oxygen atoms in total. The SMILES string of the molecule is Cc1c2c(cc3c1CCC3)CCCC2. The van der Waals surface area contributed by atoms with Gasteiger partial charge < -0.3 is 0 Å². The van der Waals surface area contributed by atoms with Crippen LogP contribution in [-0.2, 0) is 25.7 Å². The van der Waals surface area contributed by atoms with E-state index in [2.05, 4.69) is 13.0 Å². The predicted molar refractivity (Wildman–Crippen MR) is 59.8 cm³/mol. The maximum atomic E-state index is 2.52. The first-order chi connectivity index (χ1) is 6.86. The van der Waals surface area contributed by atoms with Crippen molar-refractivity contribution in [1.82, 2.24) is 0 Å². The highest BCUT2D eigenvalue weighted by molar-refractivity contribution is 5.48. The van der Waals surface area contributed by atoms with Crippen molar-refractivity contribution in [2.45, 2.75) is 51.9 Å². The van der Waals surface area contributed by atoms with Gasteiger partial charge in [0.15, 0.2) is 0 Å². The van der Waals surface area contributed by atoms with Crippen molar-refractivity contribution < 1.29 is 0 Å². The van der Waals surface area contributed by atoms with Gasteiger partial charge in [0, 0.05) is 0 Å². The highest BCUT2D eigenvalue weighted by atomic mass is 14.2. The Morgan fingerprint density at radius 1 is 0.786 bits per heavy atom. The van der Waals surface area contributed by atoms with E-state index in [1.165, 1.54) is 44.9 Å². The van der Waals surface area contributed by atoms with Gasteiger partial charge in [0.2, 0.25) is 0 Å². The van der Waals surface area contributed by atoms with E-state index in [4.69, 9.17) is 0 Å². The smallest absolute Gasteiger partial charge is 0.0270 e. The summed E-state index contributed by atoms with van der Waals surface area (Å²) in [6, 6.07) is 2.52. The van der Waals surface area contributed by atoms with Crippen LogP contribution in [0, 0.1) is 6.92 Å². The van der Waals surface area contributed by atoms with Crippen LogP contribution in [0.3, 0.4) is 0 Å². The molecule has 0 heteroatoms. The molecule has 0 fully saturated rings. The van der Waals surface area contributed by atoms with E-state index >= 15 is 0 Å². The van der Waals surface area contributed by atoms with Crippen molar-refractivity contribution in [1.29, 1.82) is 0 Å². The van der Waals surface area contributed by atoms with Crippen molar-refractivity contribution >= 4 is 0 Å². The third kappa shape index (κ3) is 1.13. The van der Waals surface area contributed by atoms with E-state index in [0.717, 1.165) is 0 Å². The normalized spacial score (nSPS) is 19.2. The van der Waals surface area contributed by atoms with Gasteiger partial charge in [-0.25, -0.2) is 0 Å². The van der Waals surface area contributed by atoms with Crippen LogP contribution in [0.1, 0.15) is 47.1 Å². The molecule has 0 aliphatic heterocycles. The molecular formula is C14H18. The molecule has 74 valence electrons. The lowest BCUT2D eigenvalue weighted by atomic mass is 9.85. The van der Waals surface area contributed by atoms with Gasteiger partial charge in [-0.05, 0) is 79.7 Å². The second-order valence-electron chi connectivity index (χ2n) is 4.84. The number of hydrogen-bond acceptors (Lipinski definition) is 0. The summed E-state index contributed by atoms with van der Waals surface area (Å²) < 4.78 is 0. The maximum Gasteiger partial charge on any atom is -0.0270 e. The van der Waals surface area contributed by atoms with Crippen molar-refractivity contribution in [3.63, 3.8) is 0 Å². The van der Waals surface area contributed by atoms with Crippen LogP contribution in [0.5, 0.6) is 0 Å². The van der Waals surface area contributed by atoms with Gasteiger partial charge in [0.25, 0.3) is 0 Å². The van der Waals surface area contributed by atoms with Gasteiger partial charge in [-0.2, -0.15) is 0 Å². The Kier molecular flexibility index (Phi) is 1.90. The Morgan fingerprint density at radius 3 is 2.14 bits per heavy atom. The second kappa shape index (κ2) is 3.12. The quantitative estimate of drug-likeness (QED) is 0.583. The molecule has 0 spiro atoms. The van der Waals surface area contributed by atoms with Crippen LogP contribution in [0.25, 0.3) is 0 Å². The summed E-state index contributed by atoms with van der Waals surface area (Å²) >= 11 is 0. The molecule has 0 saturated carbocycles. The zero-order valence-corrected chi connectivity index (χ0v) is 9.03. The average Bonchev–Trinajstić information content (AvgIpc) is 2.66. The molecule has 0 bridgehead atoms. The number of aryl methyl sites for hydroxylation is 2. The largest absolute Gasteiger partial charge is 0.0553 e. The molecule has 3 rings (SSSR count). The fourth-order valence-corrected chi connectivity index (χ4v) is 3.26. The Morgan fingerprint density at radius 2 is 1.36 bits per heavy atom. The lowest BCUT2D eigenvalue weighted by Gasteiger charge is -2.20. The molecule has 14 heavy (non-hydrogen) atoms. The molecule has 0 radical (unpaired) electrons. The molecule has 0 aromatic heterocycles. The summed E-state index contributed by atoms with van der Waals surface area (Å²) in [7, 11) is 0. The van der Waals surface area contributed by atoms with E-state index < -0.39 is 0 Å². The minimum Gasteiger partial charge on any atom is -0.0553 e. The van der Waals surface area contributed by atoms with E-state index in [0.29, 0.717) is 0 Å². The number of benzene rings is 1. The Labute approximate surface area is 86.3 Å². The Bertz CT molecular complexity index is 374. The summed E-state index contributed by atoms with van der Waals surface area (Å²) in [5.74, 6) is 0. The summed E-state index contributed by atoms with van der Waals surface area (Å²) in [5.41, 5.74) is 8.40. The maximum absolute atomic E-state index is 2.52. The van der Waals surface area contributed by atoms with Crippen LogP contribution in [-0.4, -0.2) is 0 Å². The zero-order valence-electron chi connectivity index (χ0n) is 9.03. The van der Waals surface area contributed by atoms with Crippen molar-refractivity contribution in [3.05, 3.63) is 33.9 Å². The lowest BCUT2D eigenvalue weighted by molar-refractivity contribution is 0.680. The molecule has 0 N–H and O–H groups in total. The average molecular weight is 186 g/mol. The van der Waals surface area contributed by atoms with Crippen molar-refractivity contribution in [2.75, 3.05) is 0 Å². The number of hydrogen-bond donors (Lipinski definition) is 0. The predicted octanol–water partition coefficient (Wildman–Crippen LogP) is 3.36. The standard InChI is InChI=1S/C14H18/c1-10-13-7-3-2-5-11(13)9-12-6-4-8-14(10)12/h9H,2-8H2,1H3. The minimum absolute atomic E-state index is 1.34. The van der Waals surface area contributed by atoms with Crippen LogP contribution in [0.15, 0.2) is 6.07 Å². The van der Waals surface area contributed by atoms with Gasteiger partial charge >= 0.3 is 0 Å². The number of rotatable bonds is 0. The zero-order chi connectivity index (χ0) is 9.54.